The highest BCUT2D eigenvalue weighted by Gasteiger charge is 2.32. The molecule has 0 unspecified atom stereocenters. The number of rotatable bonds is 5. The summed E-state index contributed by atoms with van der Waals surface area (Å²) in [5.74, 6) is 0.888. The first kappa shape index (κ1) is 17.0. The molecule has 2 aromatic rings. The van der Waals surface area contributed by atoms with E-state index >= 15 is 0 Å². The fourth-order valence-corrected chi connectivity index (χ4v) is 3.73. The van der Waals surface area contributed by atoms with Crippen LogP contribution in [0.15, 0.2) is 23.1 Å². The van der Waals surface area contributed by atoms with Gasteiger partial charge in [0, 0.05) is 17.9 Å². The largest absolute Gasteiger partial charge is 0.335 e. The fraction of sp³-hybridized carbons (Fsp3) is 0.474. The second-order valence-corrected chi connectivity index (χ2v) is 7.22. The summed E-state index contributed by atoms with van der Waals surface area (Å²) in [7, 11) is 0. The van der Waals surface area contributed by atoms with Crippen LogP contribution in [0.3, 0.4) is 0 Å². The van der Waals surface area contributed by atoms with Gasteiger partial charge in [0.15, 0.2) is 5.82 Å². The van der Waals surface area contributed by atoms with E-state index in [1.807, 2.05) is 13.8 Å². The molecule has 1 saturated carbocycles. The predicted molar refractivity (Wildman–Crippen MR) is 99.5 cm³/mol. The van der Waals surface area contributed by atoms with Gasteiger partial charge in [-0.2, -0.15) is 0 Å². The van der Waals surface area contributed by atoms with E-state index in [2.05, 4.69) is 36.3 Å². The second kappa shape index (κ2) is 6.60. The van der Waals surface area contributed by atoms with Crippen LogP contribution in [-0.2, 0) is 0 Å². The van der Waals surface area contributed by atoms with Gasteiger partial charge in [0.2, 0.25) is 0 Å². The van der Waals surface area contributed by atoms with Gasteiger partial charge in [0.1, 0.15) is 5.15 Å². The predicted octanol–water partition coefficient (Wildman–Crippen LogP) is 4.93. The van der Waals surface area contributed by atoms with Crippen molar-refractivity contribution >= 4 is 23.1 Å². The normalized spacial score (nSPS) is 15.4. The van der Waals surface area contributed by atoms with Gasteiger partial charge in [-0.05, 0) is 57.1 Å². The van der Waals surface area contributed by atoms with E-state index in [1.54, 1.807) is 10.8 Å². The van der Waals surface area contributed by atoms with E-state index in [4.69, 9.17) is 11.6 Å². The van der Waals surface area contributed by atoms with Crippen LogP contribution in [0, 0.1) is 26.7 Å². The summed E-state index contributed by atoms with van der Waals surface area (Å²) < 4.78 is 1.77. The number of halogens is 1. The molecule has 4 nitrogen and oxygen atoms in total. The molecule has 1 aliphatic rings. The molecule has 0 amide bonds. The number of benzene rings is 1. The average Bonchev–Trinajstić information content (AvgIpc) is 3.32. The lowest BCUT2D eigenvalue weighted by molar-refractivity contribution is 0.419. The molecule has 1 atom stereocenters. The number of anilines is 2. The van der Waals surface area contributed by atoms with Crippen molar-refractivity contribution < 1.29 is 0 Å². The Labute approximate surface area is 147 Å². The minimum atomic E-state index is -0.0995. The monoisotopic (exact) mass is 345 g/mol. The van der Waals surface area contributed by atoms with Crippen molar-refractivity contribution in [2.45, 2.75) is 53.0 Å². The summed E-state index contributed by atoms with van der Waals surface area (Å²) in [4.78, 5) is 17.2. The van der Waals surface area contributed by atoms with Crippen molar-refractivity contribution in [1.29, 1.82) is 0 Å². The maximum absolute atomic E-state index is 12.9. The molecule has 1 heterocycles. The molecule has 1 aliphatic carbocycles. The Hall–Kier alpha value is -1.81. The summed E-state index contributed by atoms with van der Waals surface area (Å²) in [6.45, 7) is 8.25. The van der Waals surface area contributed by atoms with Crippen LogP contribution < -0.4 is 10.9 Å². The van der Waals surface area contributed by atoms with Crippen molar-refractivity contribution in [3.8, 4) is 0 Å². The highest BCUT2D eigenvalue weighted by molar-refractivity contribution is 6.29. The number of nitrogens with zero attached hydrogens (tertiary/aromatic N) is 2. The van der Waals surface area contributed by atoms with Crippen LogP contribution in [0.5, 0.6) is 0 Å². The Morgan fingerprint density at radius 3 is 2.46 bits per heavy atom. The standard InChI is InChI=1S/C19H24ClN3O/c1-5-15(14-6-7-14)23-10-16(20)21-18(19(23)24)22-17-12(3)8-11(2)9-13(17)4/h8-10,14-15H,5-7H2,1-4H3,(H,21,22)/t15-/m1/s1. The Bertz CT molecular complexity index is 801. The van der Waals surface area contributed by atoms with E-state index in [1.165, 1.54) is 18.4 Å². The molecular formula is C19H24ClN3O. The molecule has 24 heavy (non-hydrogen) atoms. The molecule has 3 rings (SSSR count). The molecule has 128 valence electrons. The van der Waals surface area contributed by atoms with Crippen LogP contribution in [0.2, 0.25) is 5.15 Å². The molecule has 0 aliphatic heterocycles. The molecule has 0 spiro atoms. The fourth-order valence-electron chi connectivity index (χ4n) is 3.54. The molecule has 1 fully saturated rings. The molecular weight excluding hydrogens is 322 g/mol. The van der Waals surface area contributed by atoms with Crippen molar-refractivity contribution in [3.05, 3.63) is 50.5 Å². The molecule has 0 saturated heterocycles. The van der Waals surface area contributed by atoms with E-state index in [-0.39, 0.29) is 11.6 Å². The third kappa shape index (κ3) is 3.34. The molecule has 1 aromatic carbocycles. The lowest BCUT2D eigenvalue weighted by Gasteiger charge is -2.20. The Morgan fingerprint density at radius 2 is 1.92 bits per heavy atom. The van der Waals surface area contributed by atoms with Crippen LogP contribution in [0.4, 0.5) is 11.5 Å². The van der Waals surface area contributed by atoms with E-state index in [0.717, 1.165) is 23.2 Å². The second-order valence-electron chi connectivity index (χ2n) is 6.84. The maximum Gasteiger partial charge on any atom is 0.294 e. The summed E-state index contributed by atoms with van der Waals surface area (Å²) in [5, 5.41) is 3.57. The van der Waals surface area contributed by atoms with Gasteiger partial charge in [0.05, 0.1) is 0 Å². The first-order valence-electron chi connectivity index (χ1n) is 8.54. The molecule has 1 N–H and O–H groups in total. The highest BCUT2D eigenvalue weighted by atomic mass is 35.5. The summed E-state index contributed by atoms with van der Waals surface area (Å²) in [6.07, 6.45) is 4.97. The quantitative estimate of drug-likeness (QED) is 0.836. The first-order chi connectivity index (χ1) is 11.4. The van der Waals surface area contributed by atoms with Gasteiger partial charge < -0.3 is 9.88 Å². The molecule has 5 heteroatoms. The van der Waals surface area contributed by atoms with Crippen molar-refractivity contribution in [2.24, 2.45) is 5.92 Å². The SMILES string of the molecule is CC[C@H](C1CC1)n1cc(Cl)nc(Nc2c(C)cc(C)cc2C)c1=O. The maximum atomic E-state index is 12.9. The van der Waals surface area contributed by atoms with E-state index in [0.29, 0.717) is 16.9 Å². The van der Waals surface area contributed by atoms with Crippen LogP contribution in [-0.4, -0.2) is 9.55 Å². The van der Waals surface area contributed by atoms with Gasteiger partial charge in [0.25, 0.3) is 5.56 Å². The van der Waals surface area contributed by atoms with Gasteiger partial charge in [-0.3, -0.25) is 4.79 Å². The van der Waals surface area contributed by atoms with Crippen LogP contribution >= 0.6 is 11.6 Å². The van der Waals surface area contributed by atoms with Crippen LogP contribution in [0.25, 0.3) is 0 Å². The topological polar surface area (TPSA) is 46.9 Å². The number of aryl methyl sites for hydroxylation is 3. The summed E-state index contributed by atoms with van der Waals surface area (Å²) in [5.41, 5.74) is 4.21. The third-order valence-electron chi connectivity index (χ3n) is 4.76. The number of nitrogens with one attached hydrogen (secondary N) is 1. The van der Waals surface area contributed by atoms with Gasteiger partial charge >= 0.3 is 0 Å². The van der Waals surface area contributed by atoms with E-state index in [9.17, 15) is 4.79 Å². The Kier molecular flexibility index (Phi) is 4.68. The first-order valence-corrected chi connectivity index (χ1v) is 8.92. The zero-order valence-corrected chi connectivity index (χ0v) is 15.4. The van der Waals surface area contributed by atoms with Gasteiger partial charge in [-0.25, -0.2) is 4.98 Å². The minimum absolute atomic E-state index is 0.0995. The van der Waals surface area contributed by atoms with E-state index < -0.39 is 0 Å². The smallest absolute Gasteiger partial charge is 0.294 e. The highest BCUT2D eigenvalue weighted by Crippen LogP contribution is 2.41. The average molecular weight is 346 g/mol. The molecule has 0 radical (unpaired) electrons. The van der Waals surface area contributed by atoms with Gasteiger partial charge in [-0.1, -0.05) is 36.2 Å². The zero-order chi connectivity index (χ0) is 17.4. The summed E-state index contributed by atoms with van der Waals surface area (Å²) >= 11 is 6.21. The number of hydrogen-bond acceptors (Lipinski definition) is 3. The van der Waals surface area contributed by atoms with Crippen LogP contribution in [0.1, 0.15) is 48.9 Å². The lowest BCUT2D eigenvalue weighted by atomic mass is 10.1. The van der Waals surface area contributed by atoms with Crippen molar-refractivity contribution in [3.63, 3.8) is 0 Å². The van der Waals surface area contributed by atoms with Crippen molar-refractivity contribution in [2.75, 3.05) is 5.32 Å². The minimum Gasteiger partial charge on any atom is -0.335 e. The molecule has 0 bridgehead atoms. The molecule has 1 aromatic heterocycles. The van der Waals surface area contributed by atoms with Crippen molar-refractivity contribution in [1.82, 2.24) is 9.55 Å². The summed E-state index contributed by atoms with van der Waals surface area (Å²) in [6, 6.07) is 4.40. The Balaban J connectivity index is 2.03. The number of aromatic nitrogens is 2. The number of hydrogen-bond donors (Lipinski definition) is 1. The third-order valence-corrected chi connectivity index (χ3v) is 4.95. The zero-order valence-electron chi connectivity index (χ0n) is 14.7. The van der Waals surface area contributed by atoms with Gasteiger partial charge in [-0.15, -0.1) is 0 Å². The Morgan fingerprint density at radius 1 is 1.29 bits per heavy atom. The lowest BCUT2D eigenvalue weighted by Crippen LogP contribution is -2.28.